The lowest BCUT2D eigenvalue weighted by Gasteiger charge is -2.36. The highest BCUT2D eigenvalue weighted by Gasteiger charge is 2.41. The van der Waals surface area contributed by atoms with E-state index in [0.717, 1.165) is 18.5 Å². The topological polar surface area (TPSA) is 23.5 Å². The molecule has 4 unspecified atom stereocenters. The zero-order valence-electron chi connectivity index (χ0n) is 12.7. The van der Waals surface area contributed by atoms with Crippen LogP contribution in [0.1, 0.15) is 59.3 Å². The Kier molecular flexibility index (Phi) is 4.38. The fraction of sp³-hybridized carbons (Fsp3) is 1.00. The maximum absolute atomic E-state index is 10.4. The Morgan fingerprint density at radius 1 is 1.22 bits per heavy atom. The molecule has 0 spiro atoms. The van der Waals surface area contributed by atoms with Gasteiger partial charge >= 0.3 is 0 Å². The first-order valence-corrected chi connectivity index (χ1v) is 7.78. The van der Waals surface area contributed by atoms with Crippen molar-refractivity contribution in [3.05, 3.63) is 0 Å². The van der Waals surface area contributed by atoms with Gasteiger partial charge in [0.05, 0.1) is 6.10 Å². The van der Waals surface area contributed by atoms with E-state index in [2.05, 4.69) is 32.7 Å². The molecule has 0 aromatic rings. The van der Waals surface area contributed by atoms with Crippen LogP contribution in [-0.2, 0) is 0 Å². The normalized spacial score (nSPS) is 40.3. The predicted molar refractivity (Wildman–Crippen MR) is 76.6 cm³/mol. The summed E-state index contributed by atoms with van der Waals surface area (Å²) in [6.07, 6.45) is 7.75. The third-order valence-electron chi connectivity index (χ3n) is 5.46. The minimum Gasteiger partial charge on any atom is -0.392 e. The predicted octanol–water partition coefficient (Wildman–Crippen LogP) is 3.29. The van der Waals surface area contributed by atoms with Crippen molar-refractivity contribution < 1.29 is 5.11 Å². The van der Waals surface area contributed by atoms with Crippen LogP contribution in [0.25, 0.3) is 0 Å². The molecule has 2 heteroatoms. The van der Waals surface area contributed by atoms with Crippen LogP contribution < -0.4 is 0 Å². The Morgan fingerprint density at radius 3 is 2.50 bits per heavy atom. The number of hydrogen-bond acceptors (Lipinski definition) is 2. The van der Waals surface area contributed by atoms with Crippen LogP contribution in [0.15, 0.2) is 0 Å². The molecule has 0 heterocycles. The summed E-state index contributed by atoms with van der Waals surface area (Å²) in [5.41, 5.74) is 0.130. The summed E-state index contributed by atoms with van der Waals surface area (Å²) in [4.78, 5) is 2.53. The van der Waals surface area contributed by atoms with Crippen molar-refractivity contribution in [2.75, 3.05) is 13.6 Å². The van der Waals surface area contributed by atoms with Gasteiger partial charge in [0.2, 0.25) is 0 Å². The molecule has 2 fully saturated rings. The van der Waals surface area contributed by atoms with E-state index in [1.807, 2.05) is 0 Å². The van der Waals surface area contributed by atoms with Crippen LogP contribution in [0, 0.1) is 17.3 Å². The van der Waals surface area contributed by atoms with Gasteiger partial charge in [0.25, 0.3) is 0 Å². The Balaban J connectivity index is 1.86. The highest BCUT2D eigenvalue weighted by Crippen LogP contribution is 2.42. The van der Waals surface area contributed by atoms with E-state index in [4.69, 9.17) is 0 Å². The summed E-state index contributed by atoms with van der Waals surface area (Å²) in [7, 11) is 2.26. The second kappa shape index (κ2) is 5.50. The van der Waals surface area contributed by atoms with Gasteiger partial charge in [0.1, 0.15) is 0 Å². The van der Waals surface area contributed by atoms with Gasteiger partial charge in [-0.25, -0.2) is 0 Å². The van der Waals surface area contributed by atoms with Gasteiger partial charge in [-0.05, 0) is 50.0 Å². The molecule has 2 aliphatic carbocycles. The Bertz CT molecular complexity index is 276. The SMILES string of the molecule is CC1CCCC(N(C)CC2CCC(C)(C)C2O)C1. The zero-order chi connectivity index (χ0) is 13.3. The van der Waals surface area contributed by atoms with Crippen molar-refractivity contribution in [1.29, 1.82) is 0 Å². The van der Waals surface area contributed by atoms with Gasteiger partial charge < -0.3 is 10.0 Å². The van der Waals surface area contributed by atoms with Crippen molar-refractivity contribution in [3.8, 4) is 0 Å². The number of aliphatic hydroxyl groups is 1. The van der Waals surface area contributed by atoms with Crippen LogP contribution >= 0.6 is 0 Å². The fourth-order valence-corrected chi connectivity index (χ4v) is 4.01. The van der Waals surface area contributed by atoms with Crippen LogP contribution in [0.3, 0.4) is 0 Å². The minimum absolute atomic E-state index is 0.110. The van der Waals surface area contributed by atoms with Crippen LogP contribution in [0.2, 0.25) is 0 Å². The molecule has 106 valence electrons. The molecule has 2 saturated carbocycles. The Labute approximate surface area is 113 Å². The maximum Gasteiger partial charge on any atom is 0.0631 e. The van der Waals surface area contributed by atoms with Crippen LogP contribution in [0.5, 0.6) is 0 Å². The summed E-state index contributed by atoms with van der Waals surface area (Å²) in [5.74, 6) is 1.37. The average Bonchev–Trinajstić information content (AvgIpc) is 2.56. The van der Waals surface area contributed by atoms with Crippen LogP contribution in [-0.4, -0.2) is 35.7 Å². The lowest BCUT2D eigenvalue weighted by atomic mass is 9.85. The number of hydrogen-bond donors (Lipinski definition) is 1. The van der Waals surface area contributed by atoms with Gasteiger partial charge in [-0.3, -0.25) is 0 Å². The lowest BCUT2D eigenvalue weighted by Crippen LogP contribution is -2.41. The van der Waals surface area contributed by atoms with Crippen LogP contribution in [0.4, 0.5) is 0 Å². The molecule has 18 heavy (non-hydrogen) atoms. The van der Waals surface area contributed by atoms with Gasteiger partial charge in [0, 0.05) is 12.6 Å². The molecule has 0 amide bonds. The zero-order valence-corrected chi connectivity index (χ0v) is 12.7. The minimum atomic E-state index is -0.110. The molecule has 2 aliphatic rings. The van der Waals surface area contributed by atoms with Crippen molar-refractivity contribution >= 4 is 0 Å². The smallest absolute Gasteiger partial charge is 0.0631 e. The molecule has 2 rings (SSSR count). The summed E-state index contributed by atoms with van der Waals surface area (Å²) >= 11 is 0. The summed E-state index contributed by atoms with van der Waals surface area (Å²) < 4.78 is 0. The van der Waals surface area contributed by atoms with E-state index >= 15 is 0 Å². The second-order valence-corrected chi connectivity index (χ2v) is 7.60. The van der Waals surface area contributed by atoms with E-state index in [1.165, 1.54) is 38.5 Å². The summed E-state index contributed by atoms with van der Waals surface area (Å²) in [6, 6.07) is 0.754. The highest BCUT2D eigenvalue weighted by atomic mass is 16.3. The van der Waals surface area contributed by atoms with Gasteiger partial charge in [-0.1, -0.05) is 33.6 Å². The molecule has 0 bridgehead atoms. The largest absolute Gasteiger partial charge is 0.392 e. The Hall–Kier alpha value is -0.0800. The molecule has 0 saturated heterocycles. The molecule has 0 radical (unpaired) electrons. The second-order valence-electron chi connectivity index (χ2n) is 7.60. The quantitative estimate of drug-likeness (QED) is 0.834. The highest BCUT2D eigenvalue weighted by molar-refractivity contribution is 4.92. The molecule has 0 aromatic carbocycles. The first kappa shape index (κ1) is 14.3. The standard InChI is InChI=1S/C16H31NO/c1-12-6-5-7-14(10-12)17(4)11-13-8-9-16(2,3)15(13)18/h12-15,18H,5-11H2,1-4H3. The van der Waals surface area contributed by atoms with E-state index in [-0.39, 0.29) is 11.5 Å². The molecule has 4 atom stereocenters. The maximum atomic E-state index is 10.4. The average molecular weight is 253 g/mol. The van der Waals surface area contributed by atoms with Crippen molar-refractivity contribution in [2.24, 2.45) is 17.3 Å². The molecule has 0 aliphatic heterocycles. The molecular weight excluding hydrogens is 222 g/mol. The van der Waals surface area contributed by atoms with Crippen molar-refractivity contribution in [3.63, 3.8) is 0 Å². The van der Waals surface area contributed by atoms with Gasteiger partial charge in [0.15, 0.2) is 0 Å². The monoisotopic (exact) mass is 253 g/mol. The first-order chi connectivity index (χ1) is 8.40. The number of rotatable bonds is 3. The third-order valence-corrected chi connectivity index (χ3v) is 5.46. The number of aliphatic hydroxyl groups excluding tert-OH is 1. The van der Waals surface area contributed by atoms with Crippen molar-refractivity contribution in [2.45, 2.75) is 71.4 Å². The van der Waals surface area contributed by atoms with E-state index < -0.39 is 0 Å². The molecule has 0 aromatic heterocycles. The lowest BCUT2D eigenvalue weighted by molar-refractivity contribution is 0.0265. The van der Waals surface area contributed by atoms with Crippen molar-refractivity contribution in [1.82, 2.24) is 4.90 Å². The van der Waals surface area contributed by atoms with E-state index in [1.54, 1.807) is 0 Å². The van der Waals surface area contributed by atoms with Gasteiger partial charge in [-0.15, -0.1) is 0 Å². The van der Waals surface area contributed by atoms with E-state index in [0.29, 0.717) is 5.92 Å². The fourth-order valence-electron chi connectivity index (χ4n) is 4.01. The summed E-state index contributed by atoms with van der Waals surface area (Å²) in [6.45, 7) is 7.89. The summed E-state index contributed by atoms with van der Waals surface area (Å²) in [5, 5.41) is 10.4. The van der Waals surface area contributed by atoms with Gasteiger partial charge in [-0.2, -0.15) is 0 Å². The first-order valence-electron chi connectivity index (χ1n) is 7.78. The van der Waals surface area contributed by atoms with E-state index in [9.17, 15) is 5.11 Å². The molecule has 2 nitrogen and oxygen atoms in total. The third kappa shape index (κ3) is 3.08. The molecule has 1 N–H and O–H groups in total. The molecular formula is C16H31NO. The Morgan fingerprint density at radius 2 is 1.94 bits per heavy atom. The number of nitrogens with zero attached hydrogens (tertiary/aromatic N) is 1.